The number of carbonyl (C=O) groups is 1. The zero-order valence-corrected chi connectivity index (χ0v) is 24.3. The summed E-state index contributed by atoms with van der Waals surface area (Å²) >= 11 is 5.92. The second-order valence-electron chi connectivity index (χ2n) is 10.7. The number of amides is 1. The number of nitrogens with two attached hydrogens (primary N) is 1. The lowest BCUT2D eigenvalue weighted by atomic mass is 9.91. The summed E-state index contributed by atoms with van der Waals surface area (Å²) in [7, 11) is 1.72. The quantitative estimate of drug-likeness (QED) is 0.203. The molecule has 0 unspecified atom stereocenters. The topological polar surface area (TPSA) is 101 Å². The van der Waals surface area contributed by atoms with E-state index in [4.69, 9.17) is 17.3 Å². The fourth-order valence-electron chi connectivity index (χ4n) is 6.00. The molecule has 3 aliphatic rings. The molecular formula is C29H42ClF2N7O. The summed E-state index contributed by atoms with van der Waals surface area (Å²) in [5.41, 5.74) is 10.2. The van der Waals surface area contributed by atoms with E-state index >= 15 is 0 Å². The number of halogens is 3. The van der Waals surface area contributed by atoms with Crippen molar-refractivity contribution in [1.82, 2.24) is 20.4 Å². The van der Waals surface area contributed by atoms with Gasteiger partial charge in [-0.2, -0.15) is 0 Å². The van der Waals surface area contributed by atoms with Crippen molar-refractivity contribution >= 4 is 34.6 Å². The van der Waals surface area contributed by atoms with Crippen LogP contribution in [0.5, 0.6) is 0 Å². The van der Waals surface area contributed by atoms with Crippen molar-refractivity contribution in [1.29, 1.82) is 5.41 Å². The minimum absolute atomic E-state index is 0.0342. The number of likely N-dealkylation sites (tertiary alicyclic amines) is 1. The lowest BCUT2D eigenvalue weighted by Crippen LogP contribution is -2.48. The first-order valence-corrected chi connectivity index (χ1v) is 14.7. The standard InChI is InChI=1S/C29H42ClF2N7O/c1-19(40)38-12-7-26(36-22-5-10-37(11-6-22)13-8-30)25(18-38)29(34)39-9-3-4-20-14-23(21(16-33)17-35-2)24(28(31)32)15-27(20)39/h14-15,17,22,28,34-36H,3-13,16,18,33H2,1-2H3/b21-17+,34-29?. The van der Waals surface area contributed by atoms with E-state index in [9.17, 15) is 19.0 Å². The number of anilines is 1. The molecule has 4 rings (SSSR count). The van der Waals surface area contributed by atoms with E-state index in [1.165, 1.54) is 6.07 Å². The van der Waals surface area contributed by atoms with Crippen molar-refractivity contribution in [2.24, 2.45) is 5.73 Å². The van der Waals surface area contributed by atoms with Crippen LogP contribution in [0.4, 0.5) is 14.5 Å². The second kappa shape index (κ2) is 13.8. The highest BCUT2D eigenvalue weighted by atomic mass is 35.5. The summed E-state index contributed by atoms with van der Waals surface area (Å²) in [5.74, 6) is 0.858. The SMILES string of the molecule is CN/C=C(\CN)c1cc2c(cc1C(F)F)N(C(=N)C1=C(NC3CCN(CCCl)CC3)CCN(C(C)=O)C1)CCC2. The Hall–Kier alpha value is -2.69. The molecule has 8 nitrogen and oxygen atoms in total. The van der Waals surface area contributed by atoms with E-state index in [0.29, 0.717) is 48.8 Å². The number of nitrogens with one attached hydrogen (secondary N) is 3. The van der Waals surface area contributed by atoms with E-state index in [1.807, 2.05) is 11.0 Å². The molecule has 5 N–H and O–H groups in total. The number of benzene rings is 1. The lowest BCUT2D eigenvalue weighted by molar-refractivity contribution is -0.128. The zero-order valence-electron chi connectivity index (χ0n) is 23.5. The van der Waals surface area contributed by atoms with Gasteiger partial charge in [-0.05, 0) is 54.5 Å². The number of hydrogen-bond acceptors (Lipinski definition) is 6. The van der Waals surface area contributed by atoms with Crippen LogP contribution < -0.4 is 21.3 Å². The Morgan fingerprint density at radius 2 is 1.98 bits per heavy atom. The Morgan fingerprint density at radius 3 is 2.60 bits per heavy atom. The average Bonchev–Trinajstić information content (AvgIpc) is 2.95. The maximum atomic E-state index is 14.3. The van der Waals surface area contributed by atoms with Crippen molar-refractivity contribution in [2.75, 3.05) is 63.6 Å². The van der Waals surface area contributed by atoms with Crippen LogP contribution in [0.2, 0.25) is 0 Å². The van der Waals surface area contributed by atoms with Crippen LogP contribution in [0, 0.1) is 5.41 Å². The number of alkyl halides is 3. The Kier molecular flexibility index (Phi) is 10.4. The first-order chi connectivity index (χ1) is 19.3. The molecule has 3 aliphatic heterocycles. The predicted octanol–water partition coefficient (Wildman–Crippen LogP) is 3.67. The fraction of sp³-hybridized carbons (Fsp3) is 0.586. The van der Waals surface area contributed by atoms with Crippen LogP contribution in [0.25, 0.3) is 5.57 Å². The zero-order chi connectivity index (χ0) is 28.8. The van der Waals surface area contributed by atoms with Crippen molar-refractivity contribution in [3.8, 4) is 0 Å². The number of piperidine rings is 1. The van der Waals surface area contributed by atoms with Gasteiger partial charge in [0.2, 0.25) is 5.91 Å². The number of fused-ring (bicyclic) bond motifs is 1. The summed E-state index contributed by atoms with van der Waals surface area (Å²) in [6, 6.07) is 3.63. The molecule has 220 valence electrons. The van der Waals surface area contributed by atoms with E-state index < -0.39 is 6.43 Å². The van der Waals surface area contributed by atoms with Crippen molar-refractivity contribution in [3.63, 3.8) is 0 Å². The van der Waals surface area contributed by atoms with Gasteiger partial charge in [-0.3, -0.25) is 10.2 Å². The molecule has 0 aliphatic carbocycles. The van der Waals surface area contributed by atoms with Gasteiger partial charge in [0.05, 0.1) is 6.54 Å². The molecule has 0 atom stereocenters. The smallest absolute Gasteiger partial charge is 0.264 e. The Bertz CT molecular complexity index is 1150. The van der Waals surface area contributed by atoms with E-state index in [-0.39, 0.29) is 29.9 Å². The van der Waals surface area contributed by atoms with Crippen LogP contribution in [-0.2, 0) is 11.2 Å². The predicted molar refractivity (Wildman–Crippen MR) is 158 cm³/mol. The fourth-order valence-corrected chi connectivity index (χ4v) is 6.24. The first kappa shape index (κ1) is 30.3. The molecule has 11 heteroatoms. The van der Waals surface area contributed by atoms with Crippen LogP contribution >= 0.6 is 11.6 Å². The van der Waals surface area contributed by atoms with Gasteiger partial charge in [0, 0.05) is 100 Å². The molecule has 1 aromatic rings. The summed E-state index contributed by atoms with van der Waals surface area (Å²) in [6.07, 6.45) is 3.10. The molecule has 3 heterocycles. The minimum atomic E-state index is -2.69. The molecule has 0 aromatic heterocycles. The Balaban J connectivity index is 1.67. The van der Waals surface area contributed by atoms with Gasteiger partial charge < -0.3 is 31.1 Å². The average molecular weight is 578 g/mol. The van der Waals surface area contributed by atoms with Crippen LogP contribution in [-0.4, -0.2) is 86.3 Å². The third-order valence-corrected chi connectivity index (χ3v) is 8.37. The van der Waals surface area contributed by atoms with Crippen molar-refractivity contribution in [2.45, 2.75) is 51.5 Å². The third-order valence-electron chi connectivity index (χ3n) is 8.20. The molecule has 0 bridgehead atoms. The molecule has 1 amide bonds. The number of hydrogen-bond donors (Lipinski definition) is 4. The van der Waals surface area contributed by atoms with Gasteiger partial charge in [-0.15, -0.1) is 11.6 Å². The van der Waals surface area contributed by atoms with Gasteiger partial charge in [-0.25, -0.2) is 8.78 Å². The molecule has 1 saturated heterocycles. The summed E-state index contributed by atoms with van der Waals surface area (Å²) in [4.78, 5) is 18.3. The number of amidine groups is 1. The molecule has 40 heavy (non-hydrogen) atoms. The van der Waals surface area contributed by atoms with Gasteiger partial charge in [0.1, 0.15) is 5.84 Å². The molecular weight excluding hydrogens is 536 g/mol. The number of nitrogens with zero attached hydrogens (tertiary/aromatic N) is 3. The maximum Gasteiger partial charge on any atom is 0.264 e. The van der Waals surface area contributed by atoms with E-state index in [1.54, 1.807) is 25.1 Å². The van der Waals surface area contributed by atoms with Crippen LogP contribution in [0.3, 0.4) is 0 Å². The van der Waals surface area contributed by atoms with Crippen LogP contribution in [0.1, 0.15) is 55.7 Å². The van der Waals surface area contributed by atoms with Gasteiger partial charge >= 0.3 is 0 Å². The summed E-state index contributed by atoms with van der Waals surface area (Å²) < 4.78 is 28.6. The molecule has 0 radical (unpaired) electrons. The Morgan fingerprint density at radius 1 is 1.23 bits per heavy atom. The van der Waals surface area contributed by atoms with E-state index in [2.05, 4.69) is 15.5 Å². The monoisotopic (exact) mass is 577 g/mol. The number of rotatable bonds is 9. The van der Waals surface area contributed by atoms with Crippen molar-refractivity contribution < 1.29 is 13.6 Å². The second-order valence-corrected chi connectivity index (χ2v) is 11.1. The highest BCUT2D eigenvalue weighted by molar-refractivity contribution is 6.18. The normalized spacial score (nSPS) is 19.2. The molecule has 1 aromatic carbocycles. The van der Waals surface area contributed by atoms with Crippen molar-refractivity contribution in [3.05, 3.63) is 46.3 Å². The first-order valence-electron chi connectivity index (χ1n) is 14.2. The van der Waals surface area contributed by atoms with Crippen LogP contribution in [0.15, 0.2) is 29.6 Å². The number of carbonyl (C=O) groups excluding carboxylic acids is 1. The lowest BCUT2D eigenvalue weighted by Gasteiger charge is -2.39. The number of aryl methyl sites for hydroxylation is 1. The highest BCUT2D eigenvalue weighted by Gasteiger charge is 2.32. The summed E-state index contributed by atoms with van der Waals surface area (Å²) in [5, 5.41) is 16.0. The van der Waals surface area contributed by atoms with Gasteiger partial charge in [-0.1, -0.05) is 0 Å². The summed E-state index contributed by atoms with van der Waals surface area (Å²) in [6.45, 7) is 5.97. The van der Waals surface area contributed by atoms with Gasteiger partial charge in [0.25, 0.3) is 6.43 Å². The highest BCUT2D eigenvalue weighted by Crippen LogP contribution is 2.38. The largest absolute Gasteiger partial charge is 0.394 e. The third kappa shape index (κ3) is 6.78. The Labute approximate surface area is 241 Å². The van der Waals surface area contributed by atoms with Gasteiger partial charge in [0.15, 0.2) is 0 Å². The maximum absolute atomic E-state index is 14.3. The molecule has 1 fully saturated rings. The molecule has 0 saturated carbocycles. The van der Waals surface area contributed by atoms with E-state index in [0.717, 1.165) is 62.2 Å². The minimum Gasteiger partial charge on any atom is -0.394 e. The molecule has 0 spiro atoms.